The number of rotatable bonds is 4. The summed E-state index contributed by atoms with van der Waals surface area (Å²) in [6, 6.07) is 1.35. The number of carboxylic acids is 1. The highest BCUT2D eigenvalue weighted by Gasteiger charge is 2.11. The van der Waals surface area contributed by atoms with E-state index < -0.39 is 11.4 Å². The first kappa shape index (κ1) is 13.1. The number of carboxylic acid groups (broad SMARTS) is 1. The number of hydrogen-bond acceptors (Lipinski definition) is 3. The molecule has 0 radical (unpaired) electrons. The predicted octanol–water partition coefficient (Wildman–Crippen LogP) is 0.831. The fraction of sp³-hybridized carbons (Fsp3) is 0.308. The number of carbonyl (C=O) groups is 1. The average Bonchev–Trinajstić information content (AvgIpc) is 2.73. The molecule has 0 spiro atoms. The molecule has 0 aromatic carbocycles. The number of aryl methyl sites for hydroxylation is 4. The third-order valence-electron chi connectivity index (χ3n) is 3.07. The molecule has 6 heteroatoms. The van der Waals surface area contributed by atoms with Crippen molar-refractivity contribution in [2.45, 2.75) is 19.9 Å². The number of pyridine rings is 1. The van der Waals surface area contributed by atoms with Gasteiger partial charge in [0.2, 0.25) is 0 Å². The van der Waals surface area contributed by atoms with Crippen LogP contribution in [0.25, 0.3) is 0 Å². The molecule has 0 atom stereocenters. The topological polar surface area (TPSA) is 77.1 Å². The summed E-state index contributed by atoms with van der Waals surface area (Å²) < 4.78 is 3.68. The molecule has 100 valence electrons. The summed E-state index contributed by atoms with van der Waals surface area (Å²) in [5.41, 5.74) is 0.0768. The molecule has 0 saturated carbocycles. The van der Waals surface area contributed by atoms with Crippen LogP contribution in [0.4, 0.5) is 0 Å². The summed E-state index contributed by atoms with van der Waals surface area (Å²) in [5, 5.41) is 8.95. The van der Waals surface area contributed by atoms with Gasteiger partial charge >= 0.3 is 5.97 Å². The van der Waals surface area contributed by atoms with E-state index in [1.54, 1.807) is 17.7 Å². The first-order valence-electron chi connectivity index (χ1n) is 5.89. The molecule has 2 heterocycles. The third-order valence-corrected chi connectivity index (χ3v) is 3.07. The molecule has 0 saturated heterocycles. The average molecular weight is 261 g/mol. The van der Waals surface area contributed by atoms with Gasteiger partial charge in [0.1, 0.15) is 11.4 Å². The van der Waals surface area contributed by atoms with E-state index in [1.807, 2.05) is 17.8 Å². The highest BCUT2D eigenvalue weighted by Crippen LogP contribution is 2.03. The standard InChI is InChI=1S/C13H15N3O3/c1-9-7-11(17)10(13(18)19)8-16(9)5-3-12-14-4-6-15(12)2/h4,6-8H,3,5H2,1-2H3,(H,18,19). The lowest BCUT2D eigenvalue weighted by Gasteiger charge is -2.11. The largest absolute Gasteiger partial charge is 0.477 e. The summed E-state index contributed by atoms with van der Waals surface area (Å²) in [6.45, 7) is 2.36. The van der Waals surface area contributed by atoms with Gasteiger partial charge in [-0.25, -0.2) is 9.78 Å². The van der Waals surface area contributed by atoms with Gasteiger partial charge in [0, 0.05) is 50.4 Å². The monoisotopic (exact) mass is 261 g/mol. The molecule has 1 N–H and O–H groups in total. The van der Waals surface area contributed by atoms with Crippen LogP contribution in [0.3, 0.4) is 0 Å². The van der Waals surface area contributed by atoms with Gasteiger partial charge in [-0.2, -0.15) is 0 Å². The third kappa shape index (κ3) is 2.73. The van der Waals surface area contributed by atoms with Gasteiger partial charge in [0.05, 0.1) is 0 Å². The Bertz CT molecular complexity index is 670. The zero-order chi connectivity index (χ0) is 14.0. The van der Waals surface area contributed by atoms with E-state index >= 15 is 0 Å². The molecule has 0 bridgehead atoms. The minimum Gasteiger partial charge on any atom is -0.477 e. The lowest BCUT2D eigenvalue weighted by atomic mass is 10.2. The fourth-order valence-corrected chi connectivity index (χ4v) is 1.93. The maximum absolute atomic E-state index is 11.5. The Morgan fingerprint density at radius 1 is 1.47 bits per heavy atom. The summed E-state index contributed by atoms with van der Waals surface area (Å²) in [6.07, 6.45) is 5.64. The Morgan fingerprint density at radius 3 is 2.79 bits per heavy atom. The summed E-state index contributed by atoms with van der Waals surface area (Å²) in [5.74, 6) is -0.286. The Balaban J connectivity index is 2.25. The van der Waals surface area contributed by atoms with Crippen LogP contribution in [0.2, 0.25) is 0 Å². The van der Waals surface area contributed by atoms with Gasteiger partial charge < -0.3 is 14.2 Å². The number of nitrogens with zero attached hydrogens (tertiary/aromatic N) is 3. The van der Waals surface area contributed by atoms with Crippen LogP contribution in [-0.2, 0) is 20.0 Å². The molecule has 0 aliphatic carbocycles. The zero-order valence-electron chi connectivity index (χ0n) is 10.8. The van der Waals surface area contributed by atoms with Crippen molar-refractivity contribution in [3.05, 3.63) is 52.0 Å². The second kappa shape index (κ2) is 5.09. The molecular formula is C13H15N3O3. The number of hydrogen-bond donors (Lipinski definition) is 1. The van der Waals surface area contributed by atoms with Crippen LogP contribution in [0, 0.1) is 6.92 Å². The van der Waals surface area contributed by atoms with Crippen molar-refractivity contribution in [1.29, 1.82) is 0 Å². The van der Waals surface area contributed by atoms with E-state index in [4.69, 9.17) is 5.11 Å². The predicted molar refractivity (Wildman–Crippen MR) is 69.3 cm³/mol. The number of aromatic carboxylic acids is 1. The van der Waals surface area contributed by atoms with E-state index in [0.29, 0.717) is 13.0 Å². The Morgan fingerprint density at radius 2 is 2.21 bits per heavy atom. The van der Waals surface area contributed by atoms with Crippen LogP contribution in [0.15, 0.2) is 29.5 Å². The maximum Gasteiger partial charge on any atom is 0.341 e. The zero-order valence-corrected chi connectivity index (χ0v) is 10.8. The van der Waals surface area contributed by atoms with Gasteiger partial charge in [-0.1, -0.05) is 0 Å². The summed E-state index contributed by atoms with van der Waals surface area (Å²) in [7, 11) is 1.91. The highest BCUT2D eigenvalue weighted by atomic mass is 16.4. The molecule has 2 rings (SSSR count). The van der Waals surface area contributed by atoms with Gasteiger partial charge in [0.25, 0.3) is 0 Å². The second-order valence-electron chi connectivity index (χ2n) is 4.40. The van der Waals surface area contributed by atoms with Crippen LogP contribution >= 0.6 is 0 Å². The van der Waals surface area contributed by atoms with Crippen LogP contribution in [-0.4, -0.2) is 25.2 Å². The van der Waals surface area contributed by atoms with Gasteiger partial charge in [-0.05, 0) is 6.92 Å². The normalized spacial score (nSPS) is 10.6. The molecule has 0 fully saturated rings. The fourth-order valence-electron chi connectivity index (χ4n) is 1.93. The van der Waals surface area contributed by atoms with Crippen molar-refractivity contribution in [1.82, 2.24) is 14.1 Å². The van der Waals surface area contributed by atoms with Gasteiger partial charge in [-0.3, -0.25) is 4.79 Å². The first-order valence-corrected chi connectivity index (χ1v) is 5.89. The van der Waals surface area contributed by atoms with Crippen molar-refractivity contribution >= 4 is 5.97 Å². The van der Waals surface area contributed by atoms with E-state index in [0.717, 1.165) is 11.5 Å². The van der Waals surface area contributed by atoms with E-state index in [-0.39, 0.29) is 5.56 Å². The van der Waals surface area contributed by atoms with E-state index in [2.05, 4.69) is 4.98 Å². The molecule has 6 nitrogen and oxygen atoms in total. The number of imidazole rings is 1. The lowest BCUT2D eigenvalue weighted by molar-refractivity contribution is 0.0694. The molecular weight excluding hydrogens is 246 g/mol. The van der Waals surface area contributed by atoms with Gasteiger partial charge in [-0.15, -0.1) is 0 Å². The van der Waals surface area contributed by atoms with Crippen LogP contribution in [0.5, 0.6) is 0 Å². The lowest BCUT2D eigenvalue weighted by Crippen LogP contribution is -2.19. The van der Waals surface area contributed by atoms with Crippen molar-refractivity contribution in [2.75, 3.05) is 0 Å². The minimum atomic E-state index is -1.20. The second-order valence-corrected chi connectivity index (χ2v) is 4.40. The highest BCUT2D eigenvalue weighted by molar-refractivity contribution is 5.87. The maximum atomic E-state index is 11.5. The van der Waals surface area contributed by atoms with Crippen molar-refractivity contribution in [3.8, 4) is 0 Å². The molecule has 2 aromatic rings. The Labute approximate surface area is 109 Å². The first-order chi connectivity index (χ1) is 8.99. The Hall–Kier alpha value is -2.37. The molecule has 19 heavy (non-hydrogen) atoms. The quantitative estimate of drug-likeness (QED) is 0.884. The SMILES string of the molecule is Cc1cc(=O)c(C(=O)O)cn1CCc1nccn1C. The van der Waals surface area contributed by atoms with Crippen LogP contribution in [0.1, 0.15) is 21.9 Å². The smallest absolute Gasteiger partial charge is 0.341 e. The van der Waals surface area contributed by atoms with Crippen molar-refractivity contribution in [3.63, 3.8) is 0 Å². The molecule has 0 unspecified atom stereocenters. The molecule has 2 aromatic heterocycles. The molecule has 0 amide bonds. The summed E-state index contributed by atoms with van der Waals surface area (Å²) >= 11 is 0. The van der Waals surface area contributed by atoms with Crippen molar-refractivity contribution < 1.29 is 9.90 Å². The molecule has 0 aliphatic heterocycles. The minimum absolute atomic E-state index is 0.203. The van der Waals surface area contributed by atoms with E-state index in [9.17, 15) is 9.59 Å². The Kier molecular flexibility index (Phi) is 3.50. The molecule has 0 aliphatic rings. The van der Waals surface area contributed by atoms with Crippen LogP contribution < -0.4 is 5.43 Å². The van der Waals surface area contributed by atoms with Crippen molar-refractivity contribution in [2.24, 2.45) is 7.05 Å². The van der Waals surface area contributed by atoms with E-state index in [1.165, 1.54) is 12.3 Å². The van der Waals surface area contributed by atoms with Gasteiger partial charge in [0.15, 0.2) is 5.43 Å². The number of aromatic nitrogens is 3. The summed E-state index contributed by atoms with van der Waals surface area (Å²) in [4.78, 5) is 26.7.